The standard InChI is InChI=1S/C17H21NO3/c1-3-4-10-17(2,12-19)14-11-15(20)18(16(14)21)13-8-6-5-7-9-13/h5-9,12,14H,3-4,10-11H2,1-2H3. The highest BCUT2D eigenvalue weighted by molar-refractivity contribution is 6.21. The second-order valence-corrected chi connectivity index (χ2v) is 5.89. The zero-order valence-electron chi connectivity index (χ0n) is 12.5. The Morgan fingerprint density at radius 2 is 1.95 bits per heavy atom. The van der Waals surface area contributed by atoms with Gasteiger partial charge >= 0.3 is 0 Å². The van der Waals surface area contributed by atoms with E-state index in [1.165, 1.54) is 4.90 Å². The maximum Gasteiger partial charge on any atom is 0.238 e. The summed E-state index contributed by atoms with van der Waals surface area (Å²) >= 11 is 0. The third-order valence-electron chi connectivity index (χ3n) is 4.30. The van der Waals surface area contributed by atoms with Gasteiger partial charge in [-0.05, 0) is 18.6 Å². The molecule has 0 radical (unpaired) electrons. The molecule has 4 heteroatoms. The van der Waals surface area contributed by atoms with Gasteiger partial charge in [-0.3, -0.25) is 14.5 Å². The third-order valence-corrected chi connectivity index (χ3v) is 4.30. The lowest BCUT2D eigenvalue weighted by molar-refractivity contribution is -0.130. The van der Waals surface area contributed by atoms with Crippen molar-refractivity contribution < 1.29 is 14.4 Å². The van der Waals surface area contributed by atoms with Crippen LogP contribution < -0.4 is 4.90 Å². The van der Waals surface area contributed by atoms with Crippen LogP contribution in [0.25, 0.3) is 0 Å². The summed E-state index contributed by atoms with van der Waals surface area (Å²) in [6, 6.07) is 8.90. The van der Waals surface area contributed by atoms with Gasteiger partial charge in [0.25, 0.3) is 0 Å². The van der Waals surface area contributed by atoms with Crippen molar-refractivity contribution in [2.75, 3.05) is 4.90 Å². The van der Waals surface area contributed by atoms with Gasteiger partial charge in [0.15, 0.2) is 0 Å². The fourth-order valence-corrected chi connectivity index (χ4v) is 2.87. The Morgan fingerprint density at radius 1 is 1.29 bits per heavy atom. The molecule has 1 aromatic carbocycles. The molecule has 0 spiro atoms. The molecule has 2 amide bonds. The van der Waals surface area contributed by atoms with Crippen molar-refractivity contribution in [1.29, 1.82) is 0 Å². The molecule has 0 saturated carbocycles. The lowest BCUT2D eigenvalue weighted by Gasteiger charge is -2.28. The topological polar surface area (TPSA) is 54.5 Å². The number of unbranched alkanes of at least 4 members (excludes halogenated alkanes) is 1. The van der Waals surface area contributed by atoms with Crippen LogP contribution in [0.1, 0.15) is 39.5 Å². The highest BCUT2D eigenvalue weighted by Crippen LogP contribution is 2.40. The van der Waals surface area contributed by atoms with Crippen molar-refractivity contribution in [3.8, 4) is 0 Å². The number of para-hydroxylation sites is 1. The first-order valence-corrected chi connectivity index (χ1v) is 7.41. The van der Waals surface area contributed by atoms with E-state index < -0.39 is 11.3 Å². The summed E-state index contributed by atoms with van der Waals surface area (Å²) in [4.78, 5) is 37.6. The molecule has 4 nitrogen and oxygen atoms in total. The van der Waals surface area contributed by atoms with Gasteiger partial charge in [0.2, 0.25) is 11.8 Å². The number of aldehydes is 1. The number of carbonyl (C=O) groups excluding carboxylic acids is 3. The van der Waals surface area contributed by atoms with Crippen LogP contribution in [-0.4, -0.2) is 18.1 Å². The Bertz CT molecular complexity index is 540. The molecule has 2 unspecified atom stereocenters. The van der Waals surface area contributed by atoms with E-state index in [0.717, 1.165) is 19.1 Å². The highest BCUT2D eigenvalue weighted by atomic mass is 16.2. The van der Waals surface area contributed by atoms with Crippen molar-refractivity contribution in [2.45, 2.75) is 39.5 Å². The molecule has 0 N–H and O–H groups in total. The molecular weight excluding hydrogens is 266 g/mol. The maximum absolute atomic E-state index is 12.6. The second-order valence-electron chi connectivity index (χ2n) is 5.89. The summed E-state index contributed by atoms with van der Waals surface area (Å²) in [7, 11) is 0. The zero-order chi connectivity index (χ0) is 15.5. The first-order valence-electron chi connectivity index (χ1n) is 7.41. The van der Waals surface area contributed by atoms with Gasteiger partial charge in [0, 0.05) is 11.8 Å². The molecule has 1 heterocycles. The Kier molecular flexibility index (Phi) is 4.56. The smallest absolute Gasteiger partial charge is 0.238 e. The number of hydrogen-bond acceptors (Lipinski definition) is 3. The van der Waals surface area contributed by atoms with Gasteiger partial charge in [-0.2, -0.15) is 0 Å². The summed E-state index contributed by atoms with van der Waals surface area (Å²) < 4.78 is 0. The summed E-state index contributed by atoms with van der Waals surface area (Å²) in [5, 5.41) is 0. The normalized spacial score (nSPS) is 21.4. The Hall–Kier alpha value is -1.97. The molecule has 0 aliphatic carbocycles. The number of imide groups is 1. The lowest BCUT2D eigenvalue weighted by atomic mass is 9.73. The number of amides is 2. The van der Waals surface area contributed by atoms with E-state index in [-0.39, 0.29) is 18.2 Å². The van der Waals surface area contributed by atoms with Crippen molar-refractivity contribution >= 4 is 23.8 Å². The minimum atomic E-state index is -0.758. The Labute approximate surface area is 125 Å². The van der Waals surface area contributed by atoms with Gasteiger partial charge in [-0.25, -0.2) is 0 Å². The van der Waals surface area contributed by atoms with E-state index in [0.29, 0.717) is 12.1 Å². The predicted molar refractivity (Wildman–Crippen MR) is 80.7 cm³/mol. The molecule has 112 valence electrons. The number of nitrogens with zero attached hydrogens (tertiary/aromatic N) is 1. The summed E-state index contributed by atoms with van der Waals surface area (Å²) in [6.45, 7) is 3.84. The van der Waals surface area contributed by atoms with E-state index in [9.17, 15) is 14.4 Å². The van der Waals surface area contributed by atoms with E-state index in [1.54, 1.807) is 31.2 Å². The molecule has 1 aliphatic heterocycles. The largest absolute Gasteiger partial charge is 0.303 e. The fraction of sp³-hybridized carbons (Fsp3) is 0.471. The van der Waals surface area contributed by atoms with Crippen LogP contribution in [0.3, 0.4) is 0 Å². The van der Waals surface area contributed by atoms with Crippen molar-refractivity contribution in [1.82, 2.24) is 0 Å². The first-order chi connectivity index (χ1) is 10.0. The number of hydrogen-bond donors (Lipinski definition) is 0. The molecule has 1 aliphatic rings. The quantitative estimate of drug-likeness (QED) is 0.597. The minimum absolute atomic E-state index is 0.118. The first kappa shape index (κ1) is 15.4. The third kappa shape index (κ3) is 2.89. The van der Waals surface area contributed by atoms with Crippen LogP contribution in [0.15, 0.2) is 30.3 Å². The summed E-state index contributed by atoms with van der Waals surface area (Å²) in [5.74, 6) is -1.02. The molecule has 0 bridgehead atoms. The van der Waals surface area contributed by atoms with Crippen molar-refractivity contribution in [2.24, 2.45) is 11.3 Å². The monoisotopic (exact) mass is 287 g/mol. The number of carbonyl (C=O) groups is 3. The van der Waals surface area contributed by atoms with Crippen molar-refractivity contribution in [3.63, 3.8) is 0 Å². The predicted octanol–water partition coefficient (Wildman–Crippen LogP) is 2.96. The van der Waals surface area contributed by atoms with E-state index in [2.05, 4.69) is 0 Å². The number of anilines is 1. The summed E-state index contributed by atoms with van der Waals surface area (Å²) in [5.41, 5.74) is -0.175. The van der Waals surface area contributed by atoms with Crippen LogP contribution in [0.5, 0.6) is 0 Å². The van der Waals surface area contributed by atoms with Gasteiger partial charge in [0.05, 0.1) is 11.6 Å². The maximum atomic E-state index is 12.6. The van der Waals surface area contributed by atoms with Crippen LogP contribution in [-0.2, 0) is 14.4 Å². The van der Waals surface area contributed by atoms with Crippen LogP contribution in [0.2, 0.25) is 0 Å². The average Bonchev–Trinajstić information content (AvgIpc) is 2.81. The Morgan fingerprint density at radius 3 is 2.52 bits per heavy atom. The molecular formula is C17H21NO3. The molecule has 21 heavy (non-hydrogen) atoms. The SMILES string of the molecule is CCCCC(C)(C=O)C1CC(=O)N(c2ccccc2)C1=O. The minimum Gasteiger partial charge on any atom is -0.303 e. The molecule has 1 saturated heterocycles. The number of benzene rings is 1. The summed E-state index contributed by atoms with van der Waals surface area (Å²) in [6.07, 6.45) is 3.44. The lowest BCUT2D eigenvalue weighted by Crippen LogP contribution is -2.37. The van der Waals surface area contributed by atoms with Crippen LogP contribution in [0.4, 0.5) is 5.69 Å². The highest BCUT2D eigenvalue weighted by Gasteiger charge is 2.48. The van der Waals surface area contributed by atoms with E-state index in [1.807, 2.05) is 13.0 Å². The average molecular weight is 287 g/mol. The Balaban J connectivity index is 2.27. The zero-order valence-corrected chi connectivity index (χ0v) is 12.5. The molecule has 2 atom stereocenters. The van der Waals surface area contributed by atoms with Gasteiger partial charge in [-0.1, -0.05) is 44.9 Å². The van der Waals surface area contributed by atoms with Gasteiger partial charge < -0.3 is 4.79 Å². The van der Waals surface area contributed by atoms with Gasteiger partial charge in [-0.15, -0.1) is 0 Å². The van der Waals surface area contributed by atoms with Crippen LogP contribution in [0, 0.1) is 11.3 Å². The molecule has 1 aromatic rings. The van der Waals surface area contributed by atoms with Crippen LogP contribution >= 0.6 is 0 Å². The van der Waals surface area contributed by atoms with E-state index >= 15 is 0 Å². The molecule has 1 fully saturated rings. The van der Waals surface area contributed by atoms with E-state index in [4.69, 9.17) is 0 Å². The van der Waals surface area contributed by atoms with Crippen molar-refractivity contribution in [3.05, 3.63) is 30.3 Å². The second kappa shape index (κ2) is 6.20. The van der Waals surface area contributed by atoms with Gasteiger partial charge in [0.1, 0.15) is 6.29 Å². The molecule has 2 rings (SSSR count). The molecule has 0 aromatic heterocycles. The number of rotatable bonds is 6. The fourth-order valence-electron chi connectivity index (χ4n) is 2.87.